The molecule has 7 nitrogen and oxygen atoms in total. The monoisotopic (exact) mass is 428 g/mol. The highest BCUT2D eigenvalue weighted by molar-refractivity contribution is 5.89. The van der Waals surface area contributed by atoms with Crippen molar-refractivity contribution in [1.29, 1.82) is 0 Å². The van der Waals surface area contributed by atoms with Crippen molar-refractivity contribution in [3.05, 3.63) is 83.4 Å². The van der Waals surface area contributed by atoms with Crippen molar-refractivity contribution in [2.75, 3.05) is 26.6 Å². The standard InChI is InChI=1S/C25H24N4O3/c1-16-7-10-18(11-8-16)20(14-17-9-12-21(30-3)22(15-17)31-4)25-28-24(29-32-25)19-6-5-13-27-23(19)26-2/h5-15H,1-4H3,(H,26,27)/b20-14+. The molecule has 32 heavy (non-hydrogen) atoms. The number of aromatic nitrogens is 3. The van der Waals surface area contributed by atoms with Crippen molar-refractivity contribution in [3.8, 4) is 22.9 Å². The Morgan fingerprint density at radius 3 is 2.50 bits per heavy atom. The van der Waals surface area contributed by atoms with Gasteiger partial charge in [-0.3, -0.25) is 0 Å². The summed E-state index contributed by atoms with van der Waals surface area (Å²) < 4.78 is 16.5. The van der Waals surface area contributed by atoms with E-state index in [0.717, 1.165) is 22.3 Å². The van der Waals surface area contributed by atoms with Gasteiger partial charge >= 0.3 is 0 Å². The van der Waals surface area contributed by atoms with Crippen LogP contribution in [0, 0.1) is 6.92 Å². The molecular formula is C25H24N4O3. The Balaban J connectivity index is 1.82. The maximum Gasteiger partial charge on any atom is 0.258 e. The SMILES string of the molecule is CNc1ncccc1-c1noc(/C(=C/c2ccc(OC)c(OC)c2)c2ccc(C)cc2)n1. The lowest BCUT2D eigenvalue weighted by molar-refractivity contribution is 0.355. The topological polar surface area (TPSA) is 82.3 Å². The maximum absolute atomic E-state index is 5.70. The number of aryl methyl sites for hydroxylation is 1. The number of benzene rings is 2. The summed E-state index contributed by atoms with van der Waals surface area (Å²) >= 11 is 0. The molecule has 0 aliphatic heterocycles. The molecule has 7 heteroatoms. The largest absolute Gasteiger partial charge is 0.493 e. The van der Waals surface area contributed by atoms with Crippen molar-refractivity contribution < 1.29 is 14.0 Å². The molecule has 0 unspecified atom stereocenters. The van der Waals surface area contributed by atoms with E-state index in [-0.39, 0.29) is 0 Å². The van der Waals surface area contributed by atoms with Crippen molar-refractivity contribution >= 4 is 17.5 Å². The zero-order chi connectivity index (χ0) is 22.5. The van der Waals surface area contributed by atoms with Gasteiger partial charge in [0, 0.05) is 18.8 Å². The van der Waals surface area contributed by atoms with Crippen LogP contribution < -0.4 is 14.8 Å². The van der Waals surface area contributed by atoms with E-state index in [4.69, 9.17) is 14.0 Å². The second-order valence-corrected chi connectivity index (χ2v) is 7.11. The van der Waals surface area contributed by atoms with Crippen LogP contribution in [0.4, 0.5) is 5.82 Å². The van der Waals surface area contributed by atoms with E-state index in [1.54, 1.807) is 20.4 Å². The summed E-state index contributed by atoms with van der Waals surface area (Å²) in [7, 11) is 5.04. The summed E-state index contributed by atoms with van der Waals surface area (Å²) in [5, 5.41) is 7.27. The van der Waals surface area contributed by atoms with Gasteiger partial charge in [-0.25, -0.2) is 4.98 Å². The first kappa shape index (κ1) is 21.1. The Kier molecular flexibility index (Phi) is 6.17. The first-order valence-corrected chi connectivity index (χ1v) is 10.1. The molecule has 0 saturated heterocycles. The van der Waals surface area contributed by atoms with E-state index in [2.05, 4.69) is 32.6 Å². The van der Waals surface area contributed by atoms with Gasteiger partial charge in [0.2, 0.25) is 5.82 Å². The molecule has 2 heterocycles. The molecule has 0 bridgehead atoms. The summed E-state index contributed by atoms with van der Waals surface area (Å²) in [5.74, 6) is 2.86. The quantitative estimate of drug-likeness (QED) is 0.411. The average Bonchev–Trinajstić information content (AvgIpc) is 3.32. The number of ether oxygens (including phenoxy) is 2. The molecule has 1 N–H and O–H groups in total. The predicted octanol–water partition coefficient (Wildman–Crippen LogP) is 5.09. The highest BCUT2D eigenvalue weighted by Gasteiger charge is 2.17. The van der Waals surface area contributed by atoms with Crippen molar-refractivity contribution in [1.82, 2.24) is 15.1 Å². The van der Waals surface area contributed by atoms with Crippen LogP contribution in [0.1, 0.15) is 22.6 Å². The second kappa shape index (κ2) is 9.34. The van der Waals surface area contributed by atoms with Gasteiger partial charge < -0.3 is 19.3 Å². The lowest BCUT2D eigenvalue weighted by Gasteiger charge is -2.09. The smallest absolute Gasteiger partial charge is 0.258 e. The average molecular weight is 428 g/mol. The Bertz CT molecular complexity index is 1250. The molecule has 0 aliphatic carbocycles. The number of anilines is 1. The summed E-state index contributed by atoms with van der Waals surface area (Å²) in [4.78, 5) is 9.00. The molecule has 162 valence electrons. The Morgan fingerprint density at radius 1 is 1.00 bits per heavy atom. The van der Waals surface area contributed by atoms with E-state index in [1.165, 1.54) is 5.56 Å². The van der Waals surface area contributed by atoms with E-state index in [9.17, 15) is 0 Å². The number of methoxy groups -OCH3 is 2. The normalized spacial score (nSPS) is 11.3. The van der Waals surface area contributed by atoms with Gasteiger partial charge in [0.25, 0.3) is 5.89 Å². The third-order valence-corrected chi connectivity index (χ3v) is 5.02. The van der Waals surface area contributed by atoms with Gasteiger partial charge in [-0.05, 0) is 48.4 Å². The Hall–Kier alpha value is -4.13. The van der Waals surface area contributed by atoms with Crippen molar-refractivity contribution in [2.24, 2.45) is 0 Å². The lowest BCUT2D eigenvalue weighted by atomic mass is 10.0. The van der Waals surface area contributed by atoms with Crippen LogP contribution in [-0.2, 0) is 0 Å². The lowest BCUT2D eigenvalue weighted by Crippen LogP contribution is -1.96. The molecular weight excluding hydrogens is 404 g/mol. The minimum absolute atomic E-state index is 0.407. The van der Waals surface area contributed by atoms with Crippen LogP contribution in [0.3, 0.4) is 0 Å². The molecule has 0 fully saturated rings. The first-order valence-electron chi connectivity index (χ1n) is 10.1. The first-order chi connectivity index (χ1) is 15.6. The van der Waals surface area contributed by atoms with Gasteiger partial charge in [0.05, 0.1) is 19.8 Å². The van der Waals surface area contributed by atoms with Crippen LogP contribution in [0.2, 0.25) is 0 Å². The highest BCUT2D eigenvalue weighted by Crippen LogP contribution is 2.32. The van der Waals surface area contributed by atoms with Crippen molar-refractivity contribution in [3.63, 3.8) is 0 Å². The zero-order valence-electron chi connectivity index (χ0n) is 18.4. The molecule has 4 aromatic rings. The number of rotatable bonds is 7. The van der Waals surface area contributed by atoms with Gasteiger partial charge in [0.15, 0.2) is 11.5 Å². The van der Waals surface area contributed by atoms with Crippen LogP contribution in [0.15, 0.2) is 65.3 Å². The second-order valence-electron chi connectivity index (χ2n) is 7.11. The van der Waals surface area contributed by atoms with Gasteiger partial charge in [-0.1, -0.05) is 41.1 Å². The third kappa shape index (κ3) is 4.32. The summed E-state index contributed by atoms with van der Waals surface area (Å²) in [6.45, 7) is 2.05. The number of nitrogens with one attached hydrogen (secondary N) is 1. The van der Waals surface area contributed by atoms with Crippen molar-refractivity contribution in [2.45, 2.75) is 6.92 Å². The fourth-order valence-electron chi connectivity index (χ4n) is 3.34. The van der Waals surface area contributed by atoms with Crippen LogP contribution >= 0.6 is 0 Å². The predicted molar refractivity (Wildman–Crippen MR) is 125 cm³/mol. The Labute approximate surface area is 186 Å². The van der Waals surface area contributed by atoms with Crippen LogP contribution in [0.25, 0.3) is 23.0 Å². The number of hydrogen-bond donors (Lipinski definition) is 1. The van der Waals surface area contributed by atoms with Gasteiger partial charge in [0.1, 0.15) is 5.82 Å². The number of nitrogens with zero attached hydrogens (tertiary/aromatic N) is 3. The summed E-state index contributed by atoms with van der Waals surface area (Å²) in [6, 6.07) is 17.6. The van der Waals surface area contributed by atoms with E-state index in [1.807, 2.05) is 62.5 Å². The van der Waals surface area contributed by atoms with E-state index < -0.39 is 0 Å². The minimum Gasteiger partial charge on any atom is -0.493 e. The fraction of sp³-hybridized carbons (Fsp3) is 0.160. The summed E-state index contributed by atoms with van der Waals surface area (Å²) in [6.07, 6.45) is 3.71. The molecule has 0 spiro atoms. The van der Waals surface area contributed by atoms with E-state index >= 15 is 0 Å². The van der Waals surface area contributed by atoms with Gasteiger partial charge in [-0.2, -0.15) is 4.98 Å². The fourth-order valence-corrected chi connectivity index (χ4v) is 3.34. The minimum atomic E-state index is 0.407. The van der Waals surface area contributed by atoms with Crippen LogP contribution in [-0.4, -0.2) is 36.4 Å². The Morgan fingerprint density at radius 2 is 1.78 bits per heavy atom. The maximum atomic E-state index is 5.70. The number of hydrogen-bond acceptors (Lipinski definition) is 7. The third-order valence-electron chi connectivity index (χ3n) is 5.02. The molecule has 0 radical (unpaired) electrons. The van der Waals surface area contributed by atoms with E-state index in [0.29, 0.717) is 29.0 Å². The molecule has 2 aromatic carbocycles. The highest BCUT2D eigenvalue weighted by atomic mass is 16.5. The molecule has 0 aliphatic rings. The molecule has 4 rings (SSSR count). The zero-order valence-corrected chi connectivity index (χ0v) is 18.4. The molecule has 0 atom stereocenters. The number of pyridine rings is 1. The van der Waals surface area contributed by atoms with Gasteiger partial charge in [-0.15, -0.1) is 0 Å². The molecule has 0 saturated carbocycles. The molecule has 2 aromatic heterocycles. The van der Waals surface area contributed by atoms with Crippen LogP contribution in [0.5, 0.6) is 11.5 Å². The summed E-state index contributed by atoms with van der Waals surface area (Å²) in [5.41, 5.74) is 4.60. The molecule has 0 amide bonds.